The summed E-state index contributed by atoms with van der Waals surface area (Å²) in [5.74, 6) is 1.71. The van der Waals surface area contributed by atoms with Crippen LogP contribution >= 0.6 is 0 Å². The van der Waals surface area contributed by atoms with Crippen molar-refractivity contribution in [3.8, 4) is 0 Å². The highest BCUT2D eigenvalue weighted by Crippen LogP contribution is 2.49. The summed E-state index contributed by atoms with van der Waals surface area (Å²) >= 11 is 0. The van der Waals surface area contributed by atoms with Gasteiger partial charge in [0.15, 0.2) is 5.71 Å². The SMILES string of the molecule is COC(=CC1=[N+](CCC(C)C)c2ccc(C(F)(F)F)cc2C1(C)C)C=C1N(CCC(C)C)c2ccc(C)cc2C1(C)C. The minimum Gasteiger partial charge on any atom is -0.496 e. The van der Waals surface area contributed by atoms with E-state index in [1.165, 1.54) is 34.6 Å². The number of fused-ring (bicyclic) bond motifs is 2. The van der Waals surface area contributed by atoms with Crippen LogP contribution in [0.5, 0.6) is 0 Å². The maximum Gasteiger partial charge on any atom is 0.416 e. The molecule has 0 aliphatic carbocycles. The minimum absolute atomic E-state index is 0.242. The first-order valence-electron chi connectivity index (χ1n) is 15.2. The fourth-order valence-corrected chi connectivity index (χ4v) is 6.25. The molecule has 0 N–H and O–H groups in total. The van der Waals surface area contributed by atoms with Crippen LogP contribution in [0.1, 0.15) is 90.5 Å². The summed E-state index contributed by atoms with van der Waals surface area (Å²) in [6.07, 6.45) is 1.77. The second-order valence-corrected chi connectivity index (χ2v) is 13.8. The molecule has 2 aromatic carbocycles. The van der Waals surface area contributed by atoms with Crippen LogP contribution in [0.4, 0.5) is 24.5 Å². The zero-order valence-electron chi connectivity index (χ0n) is 27.0. The van der Waals surface area contributed by atoms with E-state index in [1.807, 2.05) is 19.9 Å². The lowest BCUT2D eigenvalue weighted by Crippen LogP contribution is -2.30. The van der Waals surface area contributed by atoms with Gasteiger partial charge >= 0.3 is 6.18 Å². The van der Waals surface area contributed by atoms with Crippen LogP contribution in [-0.4, -0.2) is 30.5 Å². The van der Waals surface area contributed by atoms with Crippen LogP contribution < -0.4 is 4.90 Å². The average molecular weight is 582 g/mol. The van der Waals surface area contributed by atoms with Gasteiger partial charge in [-0.3, -0.25) is 0 Å². The molecule has 0 fully saturated rings. The van der Waals surface area contributed by atoms with E-state index in [9.17, 15) is 13.2 Å². The summed E-state index contributed by atoms with van der Waals surface area (Å²) in [4.78, 5) is 2.42. The highest BCUT2D eigenvalue weighted by Gasteiger charge is 2.47. The Morgan fingerprint density at radius 2 is 1.60 bits per heavy atom. The normalized spacial score (nSPS) is 18.9. The molecule has 3 nitrogen and oxygen atoms in total. The number of nitrogens with zero attached hydrogens (tertiary/aromatic N) is 2. The molecule has 0 amide bonds. The number of hydrogen-bond donors (Lipinski definition) is 0. The first-order chi connectivity index (χ1) is 19.5. The third-order valence-corrected chi connectivity index (χ3v) is 8.92. The largest absolute Gasteiger partial charge is 0.496 e. The molecule has 2 heterocycles. The molecule has 228 valence electrons. The van der Waals surface area contributed by atoms with E-state index in [0.717, 1.165) is 37.3 Å². The van der Waals surface area contributed by atoms with E-state index >= 15 is 0 Å². The molecule has 6 heteroatoms. The van der Waals surface area contributed by atoms with E-state index in [2.05, 4.69) is 82.2 Å². The predicted molar refractivity (Wildman–Crippen MR) is 168 cm³/mol. The highest BCUT2D eigenvalue weighted by molar-refractivity contribution is 6.03. The van der Waals surface area contributed by atoms with Crippen LogP contribution in [0, 0.1) is 18.8 Å². The zero-order chi connectivity index (χ0) is 31.2. The van der Waals surface area contributed by atoms with Crippen molar-refractivity contribution in [1.82, 2.24) is 0 Å². The van der Waals surface area contributed by atoms with Crippen molar-refractivity contribution >= 4 is 17.1 Å². The van der Waals surface area contributed by atoms with Gasteiger partial charge in [0.05, 0.1) is 18.1 Å². The summed E-state index contributed by atoms with van der Waals surface area (Å²) in [7, 11) is 1.68. The standard InChI is InChI=1S/C36H48F3N2O/c1-23(2)15-17-40-30-13-11-25(5)19-28(30)34(6,7)32(40)21-27(42-10)22-33-35(8,9)29-20-26(36(37,38)39)12-14-31(29)41(33)18-16-24(3)4/h11-14,19-24H,15-18H2,1-10H3/q+1. The molecule has 0 aromatic heterocycles. The summed E-state index contributed by atoms with van der Waals surface area (Å²) < 4.78 is 49.5. The number of aryl methyl sites for hydroxylation is 1. The second-order valence-electron chi connectivity index (χ2n) is 13.8. The molecule has 2 aliphatic heterocycles. The Balaban J connectivity index is 1.87. The van der Waals surface area contributed by atoms with Crippen molar-refractivity contribution in [3.63, 3.8) is 0 Å². The molecular weight excluding hydrogens is 533 g/mol. The third-order valence-electron chi connectivity index (χ3n) is 8.92. The Bertz CT molecular complexity index is 1420. The van der Waals surface area contributed by atoms with Crippen LogP contribution in [0.3, 0.4) is 0 Å². The number of hydrogen-bond acceptors (Lipinski definition) is 2. The number of rotatable bonds is 9. The number of benzene rings is 2. The van der Waals surface area contributed by atoms with Crippen LogP contribution in [-0.2, 0) is 21.7 Å². The Labute approximate surface area is 250 Å². The zero-order valence-corrected chi connectivity index (χ0v) is 27.0. The molecular formula is C36H48F3N2O+. The van der Waals surface area contributed by atoms with Gasteiger partial charge in [-0.25, -0.2) is 0 Å². The first kappa shape index (κ1) is 31.9. The molecule has 0 saturated heterocycles. The van der Waals surface area contributed by atoms with Crippen LogP contribution in [0.25, 0.3) is 0 Å². The highest BCUT2D eigenvalue weighted by atomic mass is 19.4. The number of methoxy groups -OCH3 is 1. The second kappa shape index (κ2) is 11.6. The number of halogens is 3. The first-order valence-corrected chi connectivity index (χ1v) is 15.2. The van der Waals surface area contributed by atoms with Gasteiger partial charge in [-0.1, -0.05) is 59.2 Å². The number of ether oxygens (including phenoxy) is 1. The van der Waals surface area contributed by atoms with Crippen molar-refractivity contribution < 1.29 is 22.5 Å². The Hall–Kier alpha value is -3.02. The number of anilines is 1. The molecule has 0 unspecified atom stereocenters. The predicted octanol–water partition coefficient (Wildman–Crippen LogP) is 9.69. The van der Waals surface area contributed by atoms with Crippen molar-refractivity contribution in [2.24, 2.45) is 11.8 Å². The minimum atomic E-state index is -4.39. The van der Waals surface area contributed by atoms with E-state index in [0.29, 0.717) is 23.2 Å². The van der Waals surface area contributed by atoms with E-state index in [1.54, 1.807) is 13.2 Å². The van der Waals surface area contributed by atoms with Gasteiger partial charge in [-0.2, -0.15) is 17.7 Å². The molecule has 42 heavy (non-hydrogen) atoms. The fourth-order valence-electron chi connectivity index (χ4n) is 6.25. The lowest BCUT2D eigenvalue weighted by molar-refractivity contribution is -0.439. The summed E-state index contributed by atoms with van der Waals surface area (Å²) in [6.45, 7) is 21.1. The number of allylic oxidation sites excluding steroid dienone is 3. The van der Waals surface area contributed by atoms with Gasteiger partial charge in [-0.15, -0.1) is 0 Å². The number of alkyl halides is 3. The lowest BCUT2D eigenvalue weighted by Gasteiger charge is -2.28. The Morgan fingerprint density at radius 1 is 0.929 bits per heavy atom. The van der Waals surface area contributed by atoms with Crippen molar-refractivity contribution in [3.05, 3.63) is 82.3 Å². The maximum absolute atomic E-state index is 13.7. The van der Waals surface area contributed by atoms with E-state index in [-0.39, 0.29) is 5.41 Å². The lowest BCUT2D eigenvalue weighted by atomic mass is 9.80. The summed E-state index contributed by atoms with van der Waals surface area (Å²) in [6, 6.07) is 10.8. The van der Waals surface area contributed by atoms with E-state index < -0.39 is 17.2 Å². The third kappa shape index (κ3) is 6.05. The molecule has 0 atom stereocenters. The van der Waals surface area contributed by atoms with Gasteiger partial charge in [0, 0.05) is 53.5 Å². The molecule has 0 saturated carbocycles. The fraction of sp³-hybridized carbons (Fsp3) is 0.528. The van der Waals surface area contributed by atoms with Crippen LogP contribution in [0.2, 0.25) is 0 Å². The molecule has 0 spiro atoms. The van der Waals surface area contributed by atoms with Gasteiger partial charge in [0.2, 0.25) is 5.69 Å². The Morgan fingerprint density at radius 3 is 2.19 bits per heavy atom. The average Bonchev–Trinajstić information content (AvgIpc) is 3.23. The van der Waals surface area contributed by atoms with Crippen LogP contribution in [0.15, 0.2) is 60.0 Å². The van der Waals surface area contributed by atoms with E-state index in [4.69, 9.17) is 4.74 Å². The van der Waals surface area contributed by atoms with Crippen molar-refractivity contribution in [1.29, 1.82) is 0 Å². The van der Waals surface area contributed by atoms with Crippen molar-refractivity contribution in [2.45, 2.75) is 92.2 Å². The van der Waals surface area contributed by atoms with Gasteiger partial charge in [0.1, 0.15) is 12.3 Å². The van der Waals surface area contributed by atoms with Gasteiger partial charge < -0.3 is 9.64 Å². The molecule has 0 bridgehead atoms. The van der Waals surface area contributed by atoms with Crippen molar-refractivity contribution in [2.75, 3.05) is 25.1 Å². The monoisotopic (exact) mass is 581 g/mol. The van der Waals surface area contributed by atoms with Gasteiger partial charge in [0.25, 0.3) is 0 Å². The molecule has 0 radical (unpaired) electrons. The smallest absolute Gasteiger partial charge is 0.416 e. The maximum atomic E-state index is 13.7. The quantitative estimate of drug-likeness (QED) is 0.216. The van der Waals surface area contributed by atoms with Gasteiger partial charge in [-0.05, 0) is 62.8 Å². The Kier molecular flexibility index (Phi) is 8.79. The summed E-state index contributed by atoms with van der Waals surface area (Å²) in [5, 5.41) is 0. The molecule has 2 aromatic rings. The molecule has 4 rings (SSSR count). The topological polar surface area (TPSA) is 15.5 Å². The molecule has 2 aliphatic rings. The summed E-state index contributed by atoms with van der Waals surface area (Å²) in [5.41, 5.74) is 5.91.